The van der Waals surface area contributed by atoms with Crippen LogP contribution in [0.5, 0.6) is 0 Å². The van der Waals surface area contributed by atoms with Gasteiger partial charge in [0.1, 0.15) is 0 Å². The molecule has 0 radical (unpaired) electrons. The van der Waals surface area contributed by atoms with E-state index >= 15 is 0 Å². The van der Waals surface area contributed by atoms with Gasteiger partial charge in [0.25, 0.3) is 0 Å². The van der Waals surface area contributed by atoms with Crippen molar-refractivity contribution in [1.29, 1.82) is 0 Å². The molecule has 0 bridgehead atoms. The summed E-state index contributed by atoms with van der Waals surface area (Å²) in [6.07, 6.45) is 1.24. The Balaban J connectivity index is 2.42. The lowest BCUT2D eigenvalue weighted by Gasteiger charge is -2.11. The number of thiol groups is 1. The second-order valence-electron chi connectivity index (χ2n) is 4.29. The van der Waals surface area contributed by atoms with Crippen molar-refractivity contribution in [1.82, 2.24) is 4.72 Å². The first kappa shape index (κ1) is 15.5. The molecular weight excluding hydrogens is 270 g/mol. The van der Waals surface area contributed by atoms with Gasteiger partial charge in [-0.15, -0.1) is 12.6 Å². The van der Waals surface area contributed by atoms with Gasteiger partial charge in [0.05, 0.1) is 12.4 Å². The van der Waals surface area contributed by atoms with Crippen molar-refractivity contribution in [3.63, 3.8) is 0 Å². The van der Waals surface area contributed by atoms with Crippen molar-refractivity contribution < 1.29 is 13.5 Å². The molecular formula is C12H19NO3S2. The van der Waals surface area contributed by atoms with Crippen LogP contribution in [0, 0.1) is 0 Å². The van der Waals surface area contributed by atoms with E-state index in [0.29, 0.717) is 12.8 Å². The fourth-order valence-corrected chi connectivity index (χ4v) is 3.16. The molecule has 0 fully saturated rings. The first-order valence-electron chi connectivity index (χ1n) is 5.82. The monoisotopic (exact) mass is 289 g/mol. The van der Waals surface area contributed by atoms with E-state index in [2.05, 4.69) is 17.4 Å². The molecule has 102 valence electrons. The van der Waals surface area contributed by atoms with E-state index in [-0.39, 0.29) is 12.4 Å². The lowest BCUT2D eigenvalue weighted by molar-refractivity contribution is 0.265. The van der Waals surface area contributed by atoms with E-state index in [1.54, 1.807) is 6.92 Å². The number of sulfonamides is 1. The van der Waals surface area contributed by atoms with Crippen LogP contribution >= 0.6 is 12.6 Å². The number of hydrogen-bond donors (Lipinski definition) is 3. The van der Waals surface area contributed by atoms with Crippen molar-refractivity contribution >= 4 is 22.7 Å². The Morgan fingerprint density at radius 2 is 2.17 bits per heavy atom. The van der Waals surface area contributed by atoms with Crippen molar-refractivity contribution in [2.45, 2.75) is 30.7 Å². The van der Waals surface area contributed by atoms with E-state index in [0.717, 1.165) is 10.5 Å². The zero-order valence-corrected chi connectivity index (χ0v) is 12.0. The maximum absolute atomic E-state index is 11.6. The highest BCUT2D eigenvalue weighted by Gasteiger charge is 2.13. The van der Waals surface area contributed by atoms with Gasteiger partial charge in [-0.1, -0.05) is 12.1 Å². The third-order valence-corrected chi connectivity index (χ3v) is 4.31. The fourth-order valence-electron chi connectivity index (χ4n) is 1.58. The molecule has 0 aliphatic carbocycles. The van der Waals surface area contributed by atoms with Crippen LogP contribution in [-0.2, 0) is 16.4 Å². The number of benzene rings is 1. The summed E-state index contributed by atoms with van der Waals surface area (Å²) in [5, 5.41) is 8.80. The Hall–Kier alpha value is -0.560. The van der Waals surface area contributed by atoms with Gasteiger partial charge in [-0.2, -0.15) is 0 Å². The smallest absolute Gasteiger partial charge is 0.211 e. The molecule has 6 heteroatoms. The summed E-state index contributed by atoms with van der Waals surface area (Å²) in [4.78, 5) is 0.877. The summed E-state index contributed by atoms with van der Waals surface area (Å²) >= 11 is 4.23. The molecule has 0 unspecified atom stereocenters. The molecule has 1 rings (SSSR count). The summed E-state index contributed by atoms with van der Waals surface area (Å²) in [5.74, 6) is 0.0636. The summed E-state index contributed by atoms with van der Waals surface area (Å²) in [6, 6.07) is 7.23. The molecule has 0 spiro atoms. The minimum atomic E-state index is -3.30. The lowest BCUT2D eigenvalue weighted by Crippen LogP contribution is -2.36. The van der Waals surface area contributed by atoms with E-state index in [9.17, 15) is 8.42 Å². The SMILES string of the molecule is C[C@H](CO)NS(=O)(=O)CCCc1cccc(S)c1. The molecule has 1 aromatic carbocycles. The Labute approximate surface area is 114 Å². The van der Waals surface area contributed by atoms with Gasteiger partial charge in [-0.3, -0.25) is 0 Å². The second kappa shape index (κ2) is 7.13. The van der Waals surface area contributed by atoms with Crippen LogP contribution in [0.25, 0.3) is 0 Å². The highest BCUT2D eigenvalue weighted by Crippen LogP contribution is 2.11. The van der Waals surface area contributed by atoms with E-state index in [4.69, 9.17) is 5.11 Å². The van der Waals surface area contributed by atoms with Crippen LogP contribution in [0.3, 0.4) is 0 Å². The number of aliphatic hydroxyl groups is 1. The van der Waals surface area contributed by atoms with Crippen LogP contribution in [0.15, 0.2) is 29.2 Å². The molecule has 4 nitrogen and oxygen atoms in total. The number of hydrogen-bond acceptors (Lipinski definition) is 4. The van der Waals surface area contributed by atoms with Gasteiger partial charge >= 0.3 is 0 Å². The van der Waals surface area contributed by atoms with Gasteiger partial charge < -0.3 is 5.11 Å². The molecule has 0 saturated carbocycles. The number of rotatable bonds is 7. The predicted octanol–water partition coefficient (Wildman–Crippen LogP) is 1.21. The van der Waals surface area contributed by atoms with Crippen molar-refractivity contribution in [2.75, 3.05) is 12.4 Å². The maximum Gasteiger partial charge on any atom is 0.211 e. The Morgan fingerprint density at radius 3 is 2.78 bits per heavy atom. The minimum Gasteiger partial charge on any atom is -0.395 e. The zero-order valence-electron chi connectivity index (χ0n) is 10.3. The topological polar surface area (TPSA) is 66.4 Å². The number of aryl methyl sites for hydroxylation is 1. The highest BCUT2D eigenvalue weighted by atomic mass is 32.2. The third-order valence-electron chi connectivity index (χ3n) is 2.44. The quantitative estimate of drug-likeness (QED) is 0.661. The molecule has 0 aliphatic rings. The highest BCUT2D eigenvalue weighted by molar-refractivity contribution is 7.89. The first-order chi connectivity index (χ1) is 8.43. The predicted molar refractivity (Wildman–Crippen MR) is 75.5 cm³/mol. The average Bonchev–Trinajstić information content (AvgIpc) is 2.28. The molecule has 1 atom stereocenters. The Morgan fingerprint density at radius 1 is 1.44 bits per heavy atom. The molecule has 1 aromatic rings. The summed E-state index contributed by atoms with van der Waals surface area (Å²) < 4.78 is 25.7. The third kappa shape index (κ3) is 5.86. The second-order valence-corrected chi connectivity index (χ2v) is 6.68. The molecule has 0 saturated heterocycles. The van der Waals surface area contributed by atoms with Gasteiger partial charge in [-0.25, -0.2) is 13.1 Å². The summed E-state index contributed by atoms with van der Waals surface area (Å²) in [6.45, 7) is 1.43. The van der Waals surface area contributed by atoms with Crippen LogP contribution in [0.4, 0.5) is 0 Å². The van der Waals surface area contributed by atoms with E-state index in [1.165, 1.54) is 0 Å². The van der Waals surface area contributed by atoms with Crippen LogP contribution in [-0.4, -0.2) is 31.9 Å². The van der Waals surface area contributed by atoms with Crippen molar-refractivity contribution in [3.05, 3.63) is 29.8 Å². The van der Waals surface area contributed by atoms with Crippen LogP contribution < -0.4 is 4.72 Å². The molecule has 0 heterocycles. The minimum absolute atomic E-state index is 0.0636. The Bertz CT molecular complexity index is 474. The molecule has 2 N–H and O–H groups in total. The zero-order chi connectivity index (χ0) is 13.6. The van der Waals surface area contributed by atoms with E-state index in [1.807, 2.05) is 24.3 Å². The van der Waals surface area contributed by atoms with Gasteiger partial charge in [0.15, 0.2) is 0 Å². The molecule has 18 heavy (non-hydrogen) atoms. The van der Waals surface area contributed by atoms with Gasteiger partial charge in [0.2, 0.25) is 10.0 Å². The first-order valence-corrected chi connectivity index (χ1v) is 7.91. The molecule has 0 amide bonds. The van der Waals surface area contributed by atoms with Gasteiger partial charge in [0, 0.05) is 10.9 Å². The molecule has 0 aromatic heterocycles. The normalized spacial score (nSPS) is 13.5. The van der Waals surface area contributed by atoms with Gasteiger partial charge in [-0.05, 0) is 37.5 Å². The Kier molecular flexibility index (Phi) is 6.14. The molecule has 0 aliphatic heterocycles. The number of aliphatic hydroxyl groups excluding tert-OH is 1. The maximum atomic E-state index is 11.6. The van der Waals surface area contributed by atoms with Crippen molar-refractivity contribution in [3.8, 4) is 0 Å². The fraction of sp³-hybridized carbons (Fsp3) is 0.500. The van der Waals surface area contributed by atoms with E-state index < -0.39 is 16.1 Å². The van der Waals surface area contributed by atoms with Crippen LogP contribution in [0.2, 0.25) is 0 Å². The number of nitrogens with one attached hydrogen (secondary N) is 1. The average molecular weight is 289 g/mol. The summed E-state index contributed by atoms with van der Waals surface area (Å²) in [7, 11) is -3.30. The standard InChI is InChI=1S/C12H19NO3S2/c1-10(9-14)13-18(15,16)7-3-5-11-4-2-6-12(17)8-11/h2,4,6,8,10,13-14,17H,3,5,7,9H2,1H3/t10-/m1/s1. The summed E-state index contributed by atoms with van der Waals surface area (Å²) in [5.41, 5.74) is 1.08. The lowest BCUT2D eigenvalue weighted by atomic mass is 10.1. The van der Waals surface area contributed by atoms with Crippen molar-refractivity contribution in [2.24, 2.45) is 0 Å². The largest absolute Gasteiger partial charge is 0.395 e. The van der Waals surface area contributed by atoms with Crippen LogP contribution in [0.1, 0.15) is 18.9 Å².